The van der Waals surface area contributed by atoms with Crippen molar-refractivity contribution in [1.29, 1.82) is 0 Å². The van der Waals surface area contributed by atoms with Crippen molar-refractivity contribution < 1.29 is 18.0 Å². The molecule has 0 unspecified atom stereocenters. The third kappa shape index (κ3) is 4.18. The van der Waals surface area contributed by atoms with E-state index in [9.17, 15) is 18.0 Å². The second-order valence-corrected chi connectivity index (χ2v) is 7.24. The van der Waals surface area contributed by atoms with Gasteiger partial charge in [0.25, 0.3) is 5.91 Å². The minimum absolute atomic E-state index is 0.0190. The van der Waals surface area contributed by atoms with E-state index in [2.05, 4.69) is 10.3 Å². The summed E-state index contributed by atoms with van der Waals surface area (Å²) >= 11 is 5.72. The van der Waals surface area contributed by atoms with Crippen molar-refractivity contribution in [2.24, 2.45) is 0 Å². The highest BCUT2D eigenvalue weighted by Gasteiger charge is 2.33. The van der Waals surface area contributed by atoms with E-state index >= 15 is 0 Å². The van der Waals surface area contributed by atoms with Gasteiger partial charge in [-0.1, -0.05) is 35.9 Å². The third-order valence-corrected chi connectivity index (χ3v) is 5.08. The molecule has 0 fully saturated rings. The molecule has 3 N–H and O–H groups in total. The summed E-state index contributed by atoms with van der Waals surface area (Å²) in [5.74, 6) is -0.573. The van der Waals surface area contributed by atoms with Gasteiger partial charge in [0, 0.05) is 22.8 Å². The molecule has 0 aliphatic carbocycles. The highest BCUT2D eigenvalue weighted by atomic mass is 35.5. The lowest BCUT2D eigenvalue weighted by Crippen LogP contribution is -2.13. The second-order valence-electron chi connectivity index (χ2n) is 6.83. The molecule has 156 valence electrons. The molecule has 4 rings (SSSR count). The van der Waals surface area contributed by atoms with Crippen LogP contribution in [0.15, 0.2) is 72.9 Å². The molecule has 3 aromatic carbocycles. The van der Waals surface area contributed by atoms with Crippen molar-refractivity contribution >= 4 is 39.8 Å². The number of benzene rings is 3. The number of para-hydroxylation sites is 1. The summed E-state index contributed by atoms with van der Waals surface area (Å²) < 4.78 is 38.6. The number of alkyl halides is 3. The second kappa shape index (κ2) is 7.92. The van der Waals surface area contributed by atoms with Crippen LogP contribution in [0.25, 0.3) is 22.0 Å². The van der Waals surface area contributed by atoms with Gasteiger partial charge in [0.2, 0.25) is 0 Å². The zero-order valence-electron chi connectivity index (χ0n) is 15.9. The Bertz CT molecular complexity index is 1300. The molecule has 0 spiro atoms. The predicted octanol–water partition coefficient (Wildman–Crippen LogP) is 6.41. The molecule has 0 aliphatic heterocycles. The average Bonchev–Trinajstić information content (AvgIpc) is 2.73. The number of carbonyl (C=O) groups excluding carboxylic acids is 1. The van der Waals surface area contributed by atoms with Crippen LogP contribution in [0.4, 0.5) is 24.5 Å². The molecule has 31 heavy (non-hydrogen) atoms. The van der Waals surface area contributed by atoms with Crippen molar-refractivity contribution in [2.75, 3.05) is 11.1 Å². The zero-order valence-corrected chi connectivity index (χ0v) is 16.6. The van der Waals surface area contributed by atoms with Gasteiger partial charge in [-0.3, -0.25) is 9.78 Å². The number of carbonyl (C=O) groups is 1. The molecule has 1 amide bonds. The quantitative estimate of drug-likeness (QED) is 0.361. The lowest BCUT2D eigenvalue weighted by molar-refractivity contribution is -0.137. The van der Waals surface area contributed by atoms with Crippen LogP contribution in [0.5, 0.6) is 0 Å². The number of nitrogens with two attached hydrogens (primary N) is 1. The molecule has 8 heteroatoms. The molecular weight excluding hydrogens is 427 g/mol. The number of amides is 1. The summed E-state index contributed by atoms with van der Waals surface area (Å²) in [6.45, 7) is 0. The van der Waals surface area contributed by atoms with Gasteiger partial charge in [-0.15, -0.1) is 0 Å². The molecule has 0 radical (unpaired) electrons. The first-order chi connectivity index (χ1) is 14.7. The van der Waals surface area contributed by atoms with Crippen LogP contribution in [-0.4, -0.2) is 10.9 Å². The summed E-state index contributed by atoms with van der Waals surface area (Å²) in [6.07, 6.45) is -2.93. The van der Waals surface area contributed by atoms with Crippen molar-refractivity contribution in [1.82, 2.24) is 4.98 Å². The van der Waals surface area contributed by atoms with Gasteiger partial charge in [0.05, 0.1) is 21.8 Å². The monoisotopic (exact) mass is 441 g/mol. The van der Waals surface area contributed by atoms with Crippen LogP contribution < -0.4 is 11.1 Å². The minimum Gasteiger partial charge on any atom is -0.397 e. The van der Waals surface area contributed by atoms with Gasteiger partial charge in [0.1, 0.15) is 0 Å². The minimum atomic E-state index is -4.59. The molecule has 0 aliphatic rings. The van der Waals surface area contributed by atoms with Crippen LogP contribution in [0.2, 0.25) is 5.02 Å². The van der Waals surface area contributed by atoms with Gasteiger partial charge < -0.3 is 11.1 Å². The lowest BCUT2D eigenvalue weighted by atomic mass is 10.0. The number of nitrogens with zero attached hydrogens (tertiary/aromatic N) is 1. The molecule has 1 aromatic heterocycles. The lowest BCUT2D eigenvalue weighted by Gasteiger charge is -2.12. The Morgan fingerprint density at radius 1 is 1.00 bits per heavy atom. The van der Waals surface area contributed by atoms with E-state index in [0.717, 1.165) is 34.7 Å². The fraction of sp³-hybridized carbons (Fsp3) is 0.0435. The van der Waals surface area contributed by atoms with Crippen LogP contribution >= 0.6 is 11.6 Å². The molecule has 0 saturated heterocycles. The number of anilines is 2. The van der Waals surface area contributed by atoms with Gasteiger partial charge in [0.15, 0.2) is 0 Å². The Kier molecular flexibility index (Phi) is 5.29. The van der Waals surface area contributed by atoms with Crippen LogP contribution in [0.1, 0.15) is 15.9 Å². The summed E-state index contributed by atoms with van der Waals surface area (Å²) in [4.78, 5) is 16.9. The average molecular weight is 442 g/mol. The van der Waals surface area contributed by atoms with Crippen molar-refractivity contribution in [3.05, 3.63) is 89.1 Å². The number of pyridine rings is 1. The molecular formula is C23H15ClF3N3O. The van der Waals surface area contributed by atoms with E-state index < -0.39 is 22.7 Å². The Balaban J connectivity index is 1.64. The summed E-state index contributed by atoms with van der Waals surface area (Å²) in [5.41, 5.74) is 8.46. The summed E-state index contributed by atoms with van der Waals surface area (Å²) in [7, 11) is 0. The molecule has 4 aromatic rings. The normalized spacial score (nSPS) is 11.5. The number of hydrogen-bond acceptors (Lipinski definition) is 3. The fourth-order valence-corrected chi connectivity index (χ4v) is 3.59. The highest BCUT2D eigenvalue weighted by molar-refractivity contribution is 6.32. The van der Waals surface area contributed by atoms with Crippen LogP contribution in [0, 0.1) is 0 Å². The van der Waals surface area contributed by atoms with Crippen LogP contribution in [-0.2, 0) is 6.18 Å². The van der Waals surface area contributed by atoms with E-state index in [1.165, 1.54) is 0 Å². The van der Waals surface area contributed by atoms with Crippen molar-refractivity contribution in [2.45, 2.75) is 6.18 Å². The first-order valence-corrected chi connectivity index (χ1v) is 9.53. The van der Waals surface area contributed by atoms with E-state index in [-0.39, 0.29) is 5.56 Å². The molecule has 0 saturated carbocycles. The Morgan fingerprint density at radius 3 is 2.52 bits per heavy atom. The number of rotatable bonds is 3. The fourth-order valence-electron chi connectivity index (χ4n) is 3.30. The maximum atomic E-state index is 12.9. The summed E-state index contributed by atoms with van der Waals surface area (Å²) in [5, 5.41) is 3.02. The first-order valence-electron chi connectivity index (χ1n) is 9.16. The largest absolute Gasteiger partial charge is 0.417 e. The standard InChI is InChI=1S/C23H15ClF3N3O/c24-19-12-14(7-8-18(19)23(25,26)27)22(31)30-15-4-1-3-13(11-15)16-9-10-29-21-17(16)5-2-6-20(21)28/h1-12H,28H2,(H,30,31). The van der Waals surface area contributed by atoms with E-state index in [1.54, 1.807) is 30.5 Å². The molecule has 0 atom stereocenters. The summed E-state index contributed by atoms with van der Waals surface area (Å²) in [6, 6.07) is 17.3. The third-order valence-electron chi connectivity index (χ3n) is 4.77. The van der Waals surface area contributed by atoms with E-state index in [0.29, 0.717) is 16.9 Å². The molecule has 0 bridgehead atoms. The zero-order chi connectivity index (χ0) is 22.2. The number of nitrogen functional groups attached to an aromatic ring is 1. The first kappa shape index (κ1) is 20.7. The number of fused-ring (bicyclic) bond motifs is 1. The van der Waals surface area contributed by atoms with Gasteiger partial charge in [-0.2, -0.15) is 13.2 Å². The molecule has 4 nitrogen and oxygen atoms in total. The van der Waals surface area contributed by atoms with E-state index in [1.807, 2.05) is 24.3 Å². The number of hydrogen-bond donors (Lipinski definition) is 2. The molecule has 1 heterocycles. The topological polar surface area (TPSA) is 68.0 Å². The number of aromatic nitrogens is 1. The van der Waals surface area contributed by atoms with Gasteiger partial charge >= 0.3 is 6.18 Å². The maximum absolute atomic E-state index is 12.9. The van der Waals surface area contributed by atoms with Gasteiger partial charge in [-0.25, -0.2) is 0 Å². The van der Waals surface area contributed by atoms with Crippen LogP contribution in [0.3, 0.4) is 0 Å². The Morgan fingerprint density at radius 2 is 1.77 bits per heavy atom. The Hall–Kier alpha value is -3.58. The SMILES string of the molecule is Nc1cccc2c(-c3cccc(NC(=O)c4ccc(C(F)(F)F)c(Cl)c4)c3)ccnc12. The van der Waals surface area contributed by atoms with Gasteiger partial charge in [-0.05, 0) is 53.6 Å². The Labute approximate surface area is 180 Å². The van der Waals surface area contributed by atoms with Crippen molar-refractivity contribution in [3.8, 4) is 11.1 Å². The number of nitrogens with one attached hydrogen (secondary N) is 1. The van der Waals surface area contributed by atoms with E-state index in [4.69, 9.17) is 17.3 Å². The highest BCUT2D eigenvalue weighted by Crippen LogP contribution is 2.35. The smallest absolute Gasteiger partial charge is 0.397 e. The number of halogens is 4. The van der Waals surface area contributed by atoms with Crippen molar-refractivity contribution in [3.63, 3.8) is 0 Å². The predicted molar refractivity (Wildman–Crippen MR) is 116 cm³/mol. The maximum Gasteiger partial charge on any atom is 0.417 e.